The number of nitrogens with one attached hydrogen (secondary N) is 1. The van der Waals surface area contributed by atoms with Crippen LogP contribution in [0.1, 0.15) is 43.7 Å². The first-order valence-electron chi connectivity index (χ1n) is 5.93. The van der Waals surface area contributed by atoms with Gasteiger partial charge in [0, 0.05) is 6.54 Å². The van der Waals surface area contributed by atoms with Crippen molar-refractivity contribution in [2.75, 3.05) is 5.75 Å². The van der Waals surface area contributed by atoms with Gasteiger partial charge in [-0.25, -0.2) is 8.42 Å². The normalized spacial score (nSPS) is 23.7. The first-order chi connectivity index (χ1) is 8.06. The lowest BCUT2D eigenvalue weighted by Crippen LogP contribution is -2.24. The second-order valence-corrected chi connectivity index (χ2v) is 7.08. The zero-order valence-corrected chi connectivity index (χ0v) is 11.5. The Balaban J connectivity index is 2.42. The smallest absolute Gasteiger partial charge is 0.195 e. The van der Waals surface area contributed by atoms with Crippen molar-refractivity contribution in [3.63, 3.8) is 0 Å². The molecule has 1 fully saturated rings. The van der Waals surface area contributed by atoms with Gasteiger partial charge in [-0.15, -0.1) is 0 Å². The molecule has 1 aromatic heterocycles. The van der Waals surface area contributed by atoms with Crippen LogP contribution in [0.25, 0.3) is 0 Å². The molecule has 1 aromatic rings. The van der Waals surface area contributed by atoms with Gasteiger partial charge in [0.05, 0.1) is 5.75 Å². The first kappa shape index (κ1) is 12.8. The Morgan fingerprint density at radius 1 is 1.53 bits per heavy atom. The quantitative estimate of drug-likeness (QED) is 0.857. The third kappa shape index (κ3) is 2.44. The summed E-state index contributed by atoms with van der Waals surface area (Å²) >= 11 is 5.13. The molecule has 0 amide bonds. The average molecular weight is 275 g/mol. The molecular formula is C10H17N3O2S2. The van der Waals surface area contributed by atoms with Crippen LogP contribution in [0.5, 0.6) is 0 Å². The minimum atomic E-state index is -3.05. The zero-order valence-electron chi connectivity index (χ0n) is 9.85. The number of H-pyrrole nitrogens is 1. The van der Waals surface area contributed by atoms with Crippen LogP contribution in [-0.2, 0) is 16.4 Å². The predicted octanol–water partition coefficient (Wildman–Crippen LogP) is 1.99. The van der Waals surface area contributed by atoms with E-state index in [1.165, 1.54) is 0 Å². The summed E-state index contributed by atoms with van der Waals surface area (Å²) in [7, 11) is -3.05. The van der Waals surface area contributed by atoms with Gasteiger partial charge in [-0.2, -0.15) is 5.10 Å². The highest BCUT2D eigenvalue weighted by atomic mass is 32.2. The zero-order chi connectivity index (χ0) is 12.5. The van der Waals surface area contributed by atoms with Gasteiger partial charge in [-0.1, -0.05) is 13.3 Å². The van der Waals surface area contributed by atoms with Gasteiger partial charge in [0.1, 0.15) is 11.1 Å². The number of aromatic nitrogens is 3. The van der Waals surface area contributed by atoms with E-state index >= 15 is 0 Å². The number of sulfone groups is 1. The highest BCUT2D eigenvalue weighted by molar-refractivity contribution is 7.91. The van der Waals surface area contributed by atoms with Crippen LogP contribution < -0.4 is 0 Å². The van der Waals surface area contributed by atoms with Gasteiger partial charge in [0.25, 0.3) is 0 Å². The molecule has 1 saturated heterocycles. The topological polar surface area (TPSA) is 67.8 Å². The minimum Gasteiger partial charge on any atom is -0.303 e. The fourth-order valence-corrected chi connectivity index (χ4v) is 4.41. The Bertz CT molecular complexity index is 544. The van der Waals surface area contributed by atoms with E-state index in [1.807, 2.05) is 11.5 Å². The molecule has 5 nitrogen and oxygen atoms in total. The lowest BCUT2D eigenvalue weighted by atomic mass is 10.2. The van der Waals surface area contributed by atoms with Gasteiger partial charge < -0.3 is 4.57 Å². The molecule has 0 saturated carbocycles. The Morgan fingerprint density at radius 2 is 2.29 bits per heavy atom. The average Bonchev–Trinajstić information content (AvgIpc) is 2.61. The molecule has 1 atom stereocenters. The van der Waals surface area contributed by atoms with E-state index in [9.17, 15) is 8.42 Å². The molecule has 1 unspecified atom stereocenters. The Kier molecular flexibility index (Phi) is 3.67. The van der Waals surface area contributed by atoms with Crippen LogP contribution >= 0.6 is 12.2 Å². The predicted molar refractivity (Wildman–Crippen MR) is 68.1 cm³/mol. The summed E-state index contributed by atoms with van der Waals surface area (Å²) in [5.41, 5.74) is 0. The Hall–Kier alpha value is -0.690. The molecule has 0 radical (unpaired) electrons. The first-order valence-corrected chi connectivity index (χ1v) is 8.05. The van der Waals surface area contributed by atoms with Crippen molar-refractivity contribution in [3.05, 3.63) is 10.6 Å². The van der Waals surface area contributed by atoms with Crippen LogP contribution in [0.15, 0.2) is 0 Å². The second kappa shape index (κ2) is 4.89. The van der Waals surface area contributed by atoms with Crippen molar-refractivity contribution in [3.8, 4) is 0 Å². The molecule has 7 heteroatoms. The van der Waals surface area contributed by atoms with E-state index in [4.69, 9.17) is 12.2 Å². The summed E-state index contributed by atoms with van der Waals surface area (Å²) in [5, 5.41) is 6.35. The van der Waals surface area contributed by atoms with Gasteiger partial charge in [-0.05, 0) is 31.5 Å². The highest BCUT2D eigenvalue weighted by Crippen LogP contribution is 2.32. The lowest BCUT2D eigenvalue weighted by Gasteiger charge is -2.21. The van der Waals surface area contributed by atoms with Crippen molar-refractivity contribution >= 4 is 22.1 Å². The standard InChI is InChI=1S/C10H17N3O2S2/c1-2-6-13-9(11-12-10(13)16)8-5-3-4-7-17(8,14)15/h8H,2-7H2,1H3,(H,12,16). The maximum Gasteiger partial charge on any atom is 0.195 e. The fourth-order valence-electron chi connectivity index (χ4n) is 2.26. The molecule has 1 aliphatic rings. The van der Waals surface area contributed by atoms with E-state index in [0.29, 0.717) is 17.0 Å². The monoisotopic (exact) mass is 275 g/mol. The third-order valence-electron chi connectivity index (χ3n) is 3.10. The number of hydrogen-bond acceptors (Lipinski definition) is 4. The number of rotatable bonds is 3. The fraction of sp³-hybridized carbons (Fsp3) is 0.800. The third-order valence-corrected chi connectivity index (χ3v) is 5.58. The summed E-state index contributed by atoms with van der Waals surface area (Å²) in [6.07, 6.45) is 3.27. The second-order valence-electron chi connectivity index (χ2n) is 4.39. The van der Waals surface area contributed by atoms with Crippen molar-refractivity contribution in [1.29, 1.82) is 0 Å². The van der Waals surface area contributed by atoms with E-state index < -0.39 is 15.1 Å². The van der Waals surface area contributed by atoms with E-state index in [0.717, 1.165) is 25.8 Å². The Labute approximate surface area is 106 Å². The minimum absolute atomic E-state index is 0.267. The summed E-state index contributed by atoms with van der Waals surface area (Å²) in [6, 6.07) is 0. The van der Waals surface area contributed by atoms with Crippen molar-refractivity contribution in [1.82, 2.24) is 14.8 Å². The van der Waals surface area contributed by atoms with Crippen LogP contribution in [0.4, 0.5) is 0 Å². The van der Waals surface area contributed by atoms with Crippen molar-refractivity contribution in [2.45, 2.75) is 44.4 Å². The SMILES string of the molecule is CCCn1c(C2CCCCS2(=O)=O)n[nH]c1=S. The maximum absolute atomic E-state index is 12.0. The van der Waals surface area contributed by atoms with Crippen molar-refractivity contribution < 1.29 is 8.42 Å². The molecule has 96 valence electrons. The van der Waals surface area contributed by atoms with Crippen LogP contribution in [0, 0.1) is 4.77 Å². The molecule has 2 heterocycles. The molecule has 0 spiro atoms. The molecule has 1 N–H and O–H groups in total. The molecule has 2 rings (SSSR count). The van der Waals surface area contributed by atoms with Gasteiger partial charge >= 0.3 is 0 Å². The number of hydrogen-bond donors (Lipinski definition) is 1. The maximum atomic E-state index is 12.0. The lowest BCUT2D eigenvalue weighted by molar-refractivity contribution is 0.522. The van der Waals surface area contributed by atoms with E-state index in [-0.39, 0.29) is 5.75 Å². The molecule has 0 bridgehead atoms. The van der Waals surface area contributed by atoms with Crippen LogP contribution in [-0.4, -0.2) is 28.9 Å². The van der Waals surface area contributed by atoms with Crippen molar-refractivity contribution in [2.24, 2.45) is 0 Å². The molecule has 17 heavy (non-hydrogen) atoms. The molecule has 0 aromatic carbocycles. The number of nitrogens with zero attached hydrogens (tertiary/aromatic N) is 2. The van der Waals surface area contributed by atoms with Gasteiger partial charge in [0.2, 0.25) is 0 Å². The van der Waals surface area contributed by atoms with Crippen LogP contribution in [0.3, 0.4) is 0 Å². The molecule has 1 aliphatic heterocycles. The largest absolute Gasteiger partial charge is 0.303 e. The summed E-state index contributed by atoms with van der Waals surface area (Å²) < 4.78 is 26.4. The van der Waals surface area contributed by atoms with E-state index in [2.05, 4.69) is 10.2 Å². The van der Waals surface area contributed by atoms with E-state index in [1.54, 1.807) is 0 Å². The Morgan fingerprint density at radius 3 is 2.94 bits per heavy atom. The number of aromatic amines is 1. The molecule has 0 aliphatic carbocycles. The summed E-state index contributed by atoms with van der Waals surface area (Å²) in [4.78, 5) is 0. The van der Waals surface area contributed by atoms with Crippen LogP contribution in [0.2, 0.25) is 0 Å². The highest BCUT2D eigenvalue weighted by Gasteiger charge is 2.33. The molecular weight excluding hydrogens is 258 g/mol. The summed E-state index contributed by atoms with van der Waals surface area (Å²) in [6.45, 7) is 2.75. The van der Waals surface area contributed by atoms with Gasteiger partial charge in [-0.3, -0.25) is 5.10 Å². The summed E-state index contributed by atoms with van der Waals surface area (Å²) in [5.74, 6) is 0.861. The van der Waals surface area contributed by atoms with Gasteiger partial charge in [0.15, 0.2) is 14.6 Å².